The van der Waals surface area contributed by atoms with E-state index < -0.39 is 0 Å². The largest absolute Gasteiger partial charge is 0.376 e. The topological polar surface area (TPSA) is 47.0 Å². The van der Waals surface area contributed by atoms with Crippen LogP contribution in [0.1, 0.15) is 12.6 Å². The van der Waals surface area contributed by atoms with Crippen molar-refractivity contribution in [2.75, 3.05) is 19.8 Å². The summed E-state index contributed by atoms with van der Waals surface area (Å²) >= 11 is 1.37. The minimum atomic E-state index is 0.639. The standard InChI is InChI=1S/C9H15N3OS/c1-8(2)6-13-4-3-10-5-9-7-14-12-11-9/h7,10H,1,3-6H2,2H3. The molecule has 0 aliphatic carbocycles. The molecule has 0 aromatic carbocycles. The molecule has 1 heterocycles. The Morgan fingerprint density at radius 2 is 2.57 bits per heavy atom. The van der Waals surface area contributed by atoms with Crippen LogP contribution in [0, 0.1) is 0 Å². The molecule has 0 unspecified atom stereocenters. The Hall–Kier alpha value is -0.780. The second-order valence-corrected chi connectivity index (χ2v) is 3.69. The first-order valence-electron chi connectivity index (χ1n) is 4.48. The highest BCUT2D eigenvalue weighted by Crippen LogP contribution is 1.95. The van der Waals surface area contributed by atoms with Crippen molar-refractivity contribution in [2.24, 2.45) is 0 Å². The van der Waals surface area contributed by atoms with Crippen LogP contribution in [0.4, 0.5) is 0 Å². The first-order valence-corrected chi connectivity index (χ1v) is 5.31. The minimum Gasteiger partial charge on any atom is -0.376 e. The van der Waals surface area contributed by atoms with Crippen LogP contribution >= 0.6 is 11.5 Å². The second kappa shape index (κ2) is 6.64. The number of hydrogen-bond acceptors (Lipinski definition) is 5. The van der Waals surface area contributed by atoms with Gasteiger partial charge in [-0.2, -0.15) is 0 Å². The zero-order valence-electron chi connectivity index (χ0n) is 8.32. The van der Waals surface area contributed by atoms with Crippen molar-refractivity contribution in [3.8, 4) is 0 Å². The Balaban J connectivity index is 1.92. The molecule has 0 atom stereocenters. The third kappa shape index (κ3) is 5.06. The molecule has 1 N–H and O–H groups in total. The van der Waals surface area contributed by atoms with Gasteiger partial charge in [0.05, 0.1) is 18.9 Å². The summed E-state index contributed by atoms with van der Waals surface area (Å²) in [5.74, 6) is 0. The zero-order chi connectivity index (χ0) is 10.2. The molecule has 0 bridgehead atoms. The van der Waals surface area contributed by atoms with Crippen molar-refractivity contribution < 1.29 is 4.74 Å². The molecule has 0 amide bonds. The van der Waals surface area contributed by atoms with E-state index in [1.54, 1.807) is 0 Å². The molecule has 1 aromatic rings. The van der Waals surface area contributed by atoms with E-state index in [9.17, 15) is 0 Å². The predicted octanol–water partition coefficient (Wildman–Crippen LogP) is 1.22. The summed E-state index contributed by atoms with van der Waals surface area (Å²) in [6, 6.07) is 0. The number of hydrogen-bond donors (Lipinski definition) is 1. The number of rotatable bonds is 7. The lowest BCUT2D eigenvalue weighted by atomic mass is 10.4. The molecule has 0 fully saturated rings. The van der Waals surface area contributed by atoms with Crippen LogP contribution in [0.2, 0.25) is 0 Å². The van der Waals surface area contributed by atoms with E-state index in [0.717, 1.165) is 24.4 Å². The smallest absolute Gasteiger partial charge is 0.0893 e. The van der Waals surface area contributed by atoms with Gasteiger partial charge < -0.3 is 10.1 Å². The van der Waals surface area contributed by atoms with E-state index in [-0.39, 0.29) is 0 Å². The fraction of sp³-hybridized carbons (Fsp3) is 0.556. The van der Waals surface area contributed by atoms with E-state index in [4.69, 9.17) is 4.74 Å². The van der Waals surface area contributed by atoms with Crippen LogP contribution in [0.5, 0.6) is 0 Å². The van der Waals surface area contributed by atoms with Gasteiger partial charge in [0.2, 0.25) is 0 Å². The summed E-state index contributed by atoms with van der Waals surface area (Å²) in [5.41, 5.74) is 2.03. The first kappa shape index (κ1) is 11.3. The van der Waals surface area contributed by atoms with Crippen LogP contribution in [0.3, 0.4) is 0 Å². The van der Waals surface area contributed by atoms with Gasteiger partial charge >= 0.3 is 0 Å². The fourth-order valence-electron chi connectivity index (χ4n) is 0.868. The number of nitrogens with one attached hydrogen (secondary N) is 1. The van der Waals surface area contributed by atoms with E-state index in [0.29, 0.717) is 13.2 Å². The maximum absolute atomic E-state index is 5.32. The van der Waals surface area contributed by atoms with Crippen LogP contribution in [-0.4, -0.2) is 29.3 Å². The zero-order valence-corrected chi connectivity index (χ0v) is 9.14. The molecule has 1 aromatic heterocycles. The normalized spacial score (nSPS) is 10.4. The van der Waals surface area contributed by atoms with Crippen molar-refractivity contribution in [3.05, 3.63) is 23.2 Å². The quantitative estimate of drug-likeness (QED) is 0.546. The van der Waals surface area contributed by atoms with E-state index in [2.05, 4.69) is 21.5 Å². The van der Waals surface area contributed by atoms with Crippen LogP contribution in [0.15, 0.2) is 17.5 Å². The van der Waals surface area contributed by atoms with Crippen LogP contribution < -0.4 is 5.32 Å². The first-order chi connectivity index (χ1) is 6.79. The average Bonchev–Trinajstić information content (AvgIpc) is 2.63. The summed E-state index contributed by atoms with van der Waals surface area (Å²) in [7, 11) is 0. The van der Waals surface area contributed by atoms with Crippen molar-refractivity contribution in [3.63, 3.8) is 0 Å². The number of ether oxygens (including phenoxy) is 1. The molecular formula is C9H15N3OS. The Morgan fingerprint density at radius 1 is 1.71 bits per heavy atom. The minimum absolute atomic E-state index is 0.639. The molecule has 0 saturated carbocycles. The van der Waals surface area contributed by atoms with Gasteiger partial charge in [-0.3, -0.25) is 0 Å². The highest BCUT2D eigenvalue weighted by Gasteiger charge is 1.94. The lowest BCUT2D eigenvalue weighted by molar-refractivity contribution is 0.157. The van der Waals surface area contributed by atoms with Gasteiger partial charge in [-0.1, -0.05) is 16.6 Å². The Kier molecular flexibility index (Phi) is 5.36. The fourth-order valence-corrected chi connectivity index (χ4v) is 1.32. The van der Waals surface area contributed by atoms with Gasteiger partial charge in [-0.25, -0.2) is 0 Å². The van der Waals surface area contributed by atoms with Gasteiger partial charge in [-0.05, 0) is 18.5 Å². The summed E-state index contributed by atoms with van der Waals surface area (Å²) in [5, 5.41) is 9.06. The molecule has 0 saturated heterocycles. The van der Waals surface area contributed by atoms with Crippen molar-refractivity contribution in [1.29, 1.82) is 0 Å². The maximum Gasteiger partial charge on any atom is 0.0893 e. The van der Waals surface area contributed by atoms with Gasteiger partial charge in [0.1, 0.15) is 0 Å². The van der Waals surface area contributed by atoms with Crippen LogP contribution in [-0.2, 0) is 11.3 Å². The Bertz CT molecular complexity index is 261. The molecule has 0 aliphatic rings. The summed E-state index contributed by atoms with van der Waals surface area (Å²) in [6.07, 6.45) is 0. The maximum atomic E-state index is 5.32. The SMILES string of the molecule is C=C(C)COCCNCc1csnn1. The van der Waals surface area contributed by atoms with E-state index in [1.165, 1.54) is 11.5 Å². The molecular weight excluding hydrogens is 198 g/mol. The summed E-state index contributed by atoms with van der Waals surface area (Å²) in [4.78, 5) is 0. The van der Waals surface area contributed by atoms with Gasteiger partial charge in [-0.15, -0.1) is 5.10 Å². The molecule has 0 radical (unpaired) electrons. The molecule has 0 spiro atoms. The van der Waals surface area contributed by atoms with Crippen molar-refractivity contribution in [1.82, 2.24) is 14.9 Å². The van der Waals surface area contributed by atoms with Crippen LogP contribution in [0.25, 0.3) is 0 Å². The number of aromatic nitrogens is 2. The summed E-state index contributed by atoms with van der Waals surface area (Å²) in [6.45, 7) is 8.62. The molecule has 4 nitrogen and oxygen atoms in total. The van der Waals surface area contributed by atoms with Crippen molar-refractivity contribution in [2.45, 2.75) is 13.5 Å². The molecule has 14 heavy (non-hydrogen) atoms. The Morgan fingerprint density at radius 3 is 3.21 bits per heavy atom. The third-order valence-corrected chi connectivity index (χ3v) is 2.04. The predicted molar refractivity (Wildman–Crippen MR) is 57.2 cm³/mol. The summed E-state index contributed by atoms with van der Waals surface area (Å²) < 4.78 is 9.09. The molecule has 78 valence electrons. The monoisotopic (exact) mass is 213 g/mol. The third-order valence-electron chi connectivity index (χ3n) is 1.48. The van der Waals surface area contributed by atoms with Gasteiger partial charge in [0.15, 0.2) is 0 Å². The number of nitrogens with zero attached hydrogens (tertiary/aromatic N) is 2. The average molecular weight is 213 g/mol. The highest BCUT2D eigenvalue weighted by atomic mass is 32.1. The lowest BCUT2D eigenvalue weighted by Crippen LogP contribution is -2.19. The van der Waals surface area contributed by atoms with E-state index in [1.807, 2.05) is 12.3 Å². The lowest BCUT2D eigenvalue weighted by Gasteiger charge is -2.04. The van der Waals surface area contributed by atoms with Crippen molar-refractivity contribution >= 4 is 11.5 Å². The molecule has 1 rings (SSSR count). The Labute approximate surface area is 88.1 Å². The highest BCUT2D eigenvalue weighted by molar-refractivity contribution is 7.03. The molecule has 0 aliphatic heterocycles. The second-order valence-electron chi connectivity index (χ2n) is 3.08. The van der Waals surface area contributed by atoms with Gasteiger partial charge in [0.25, 0.3) is 0 Å². The molecule has 5 heteroatoms. The van der Waals surface area contributed by atoms with Gasteiger partial charge in [0, 0.05) is 18.5 Å². The van der Waals surface area contributed by atoms with E-state index >= 15 is 0 Å².